The van der Waals surface area contributed by atoms with Crippen LogP contribution < -0.4 is 4.74 Å². The fourth-order valence-electron chi connectivity index (χ4n) is 2.72. The molecule has 3 rings (SSSR count). The quantitative estimate of drug-likeness (QED) is 0.919. The smallest absolute Gasteiger partial charge is 0.135 e. The van der Waals surface area contributed by atoms with Gasteiger partial charge >= 0.3 is 0 Å². The van der Waals surface area contributed by atoms with E-state index in [1.807, 2.05) is 18.3 Å². The molecule has 1 N–H and O–H groups in total. The summed E-state index contributed by atoms with van der Waals surface area (Å²) in [7, 11) is 1.70. The number of Topliss-reactive ketones (excluding diaryl/α,β-unsaturated/α-hetero) is 1. The number of likely N-dealkylation sites (tertiary alicyclic amines) is 1. The third kappa shape index (κ3) is 2.36. The van der Waals surface area contributed by atoms with E-state index in [4.69, 9.17) is 4.74 Å². The molecular weight excluding hydrogens is 240 g/mol. The molecule has 0 spiro atoms. The van der Waals surface area contributed by atoms with Crippen LogP contribution in [-0.4, -0.2) is 35.9 Å². The maximum atomic E-state index is 11.3. The number of nitrogens with zero attached hydrogens (tertiary/aromatic N) is 1. The van der Waals surface area contributed by atoms with Crippen molar-refractivity contribution in [3.05, 3.63) is 30.0 Å². The van der Waals surface area contributed by atoms with Crippen molar-refractivity contribution in [3.63, 3.8) is 0 Å². The van der Waals surface area contributed by atoms with Crippen LogP contribution in [-0.2, 0) is 11.3 Å². The molecule has 1 saturated heterocycles. The first-order valence-electron chi connectivity index (χ1n) is 6.65. The third-order valence-electron chi connectivity index (χ3n) is 3.78. The van der Waals surface area contributed by atoms with Gasteiger partial charge in [-0.2, -0.15) is 0 Å². The second-order valence-corrected chi connectivity index (χ2v) is 5.01. The maximum absolute atomic E-state index is 11.3. The predicted octanol–water partition coefficient (Wildman–Crippen LogP) is 2.34. The minimum Gasteiger partial charge on any atom is -0.496 e. The van der Waals surface area contributed by atoms with E-state index < -0.39 is 0 Å². The minimum absolute atomic E-state index is 0.382. The number of aromatic nitrogens is 1. The van der Waals surface area contributed by atoms with Crippen LogP contribution >= 0.6 is 0 Å². The molecule has 1 aromatic heterocycles. The molecular formula is C15H18N2O2. The van der Waals surface area contributed by atoms with E-state index in [9.17, 15) is 4.79 Å². The Morgan fingerprint density at radius 2 is 2.11 bits per heavy atom. The van der Waals surface area contributed by atoms with Gasteiger partial charge in [0.05, 0.1) is 7.11 Å². The fraction of sp³-hybridized carbons (Fsp3) is 0.400. The van der Waals surface area contributed by atoms with Gasteiger partial charge in [-0.05, 0) is 17.7 Å². The summed E-state index contributed by atoms with van der Waals surface area (Å²) in [4.78, 5) is 16.9. The van der Waals surface area contributed by atoms with Crippen LogP contribution in [0, 0.1) is 0 Å². The van der Waals surface area contributed by atoms with Crippen molar-refractivity contribution in [2.24, 2.45) is 0 Å². The van der Waals surface area contributed by atoms with Crippen molar-refractivity contribution in [2.75, 3.05) is 20.2 Å². The largest absolute Gasteiger partial charge is 0.496 e. The Morgan fingerprint density at radius 3 is 2.84 bits per heavy atom. The Kier molecular flexibility index (Phi) is 3.25. The molecule has 19 heavy (non-hydrogen) atoms. The van der Waals surface area contributed by atoms with Crippen LogP contribution in [0.25, 0.3) is 10.9 Å². The minimum atomic E-state index is 0.382. The van der Waals surface area contributed by atoms with Crippen LogP contribution in [0.4, 0.5) is 0 Å². The first-order valence-corrected chi connectivity index (χ1v) is 6.65. The zero-order valence-electron chi connectivity index (χ0n) is 11.1. The standard InChI is InChI=1S/C15H18N2O2/c1-19-14-4-2-3-13-15(14)11(9-16-13)10-17-7-5-12(18)6-8-17/h2-4,9,16H,5-8,10H2,1H3. The third-order valence-corrected chi connectivity index (χ3v) is 3.78. The molecule has 0 amide bonds. The number of aromatic amines is 1. The zero-order chi connectivity index (χ0) is 13.2. The summed E-state index contributed by atoms with van der Waals surface area (Å²) in [6, 6.07) is 6.03. The number of hydrogen-bond acceptors (Lipinski definition) is 3. The number of H-pyrrole nitrogens is 1. The summed E-state index contributed by atoms with van der Waals surface area (Å²) in [5.41, 5.74) is 2.34. The van der Waals surface area contributed by atoms with E-state index in [1.54, 1.807) is 7.11 Å². The monoisotopic (exact) mass is 258 g/mol. The second kappa shape index (κ2) is 5.05. The Labute approximate surface area is 112 Å². The van der Waals surface area contributed by atoms with Gasteiger partial charge in [0.2, 0.25) is 0 Å². The number of carbonyl (C=O) groups is 1. The molecule has 1 aliphatic rings. The highest BCUT2D eigenvalue weighted by Crippen LogP contribution is 2.29. The lowest BCUT2D eigenvalue weighted by Crippen LogP contribution is -2.33. The van der Waals surface area contributed by atoms with Gasteiger partial charge in [0.1, 0.15) is 11.5 Å². The van der Waals surface area contributed by atoms with Crippen molar-refractivity contribution in [1.82, 2.24) is 9.88 Å². The van der Waals surface area contributed by atoms with Crippen LogP contribution in [0.5, 0.6) is 5.75 Å². The Morgan fingerprint density at radius 1 is 1.32 bits per heavy atom. The predicted molar refractivity (Wildman–Crippen MR) is 74.4 cm³/mol. The molecule has 1 aliphatic heterocycles. The molecule has 1 fully saturated rings. The summed E-state index contributed by atoms with van der Waals surface area (Å²) >= 11 is 0. The van der Waals surface area contributed by atoms with Crippen molar-refractivity contribution in [1.29, 1.82) is 0 Å². The number of ketones is 1. The molecule has 0 atom stereocenters. The van der Waals surface area contributed by atoms with Crippen molar-refractivity contribution in [3.8, 4) is 5.75 Å². The Hall–Kier alpha value is -1.81. The normalized spacial score (nSPS) is 17.0. The molecule has 0 radical (unpaired) electrons. The molecule has 2 heterocycles. The molecule has 0 saturated carbocycles. The lowest BCUT2D eigenvalue weighted by Gasteiger charge is -2.25. The van der Waals surface area contributed by atoms with Crippen molar-refractivity contribution >= 4 is 16.7 Å². The van der Waals surface area contributed by atoms with Gasteiger partial charge in [-0.3, -0.25) is 9.69 Å². The summed E-state index contributed by atoms with van der Waals surface area (Å²) < 4.78 is 5.44. The van der Waals surface area contributed by atoms with Gasteiger partial charge in [0, 0.05) is 49.6 Å². The lowest BCUT2D eigenvalue weighted by atomic mass is 10.1. The van der Waals surface area contributed by atoms with Gasteiger partial charge in [-0.25, -0.2) is 0 Å². The number of hydrogen-bond donors (Lipinski definition) is 1. The lowest BCUT2D eigenvalue weighted by molar-refractivity contribution is -0.121. The number of nitrogens with one attached hydrogen (secondary N) is 1. The number of fused-ring (bicyclic) bond motifs is 1. The average Bonchev–Trinajstić information content (AvgIpc) is 2.85. The van der Waals surface area contributed by atoms with Crippen LogP contribution in [0.2, 0.25) is 0 Å². The van der Waals surface area contributed by atoms with Crippen LogP contribution in [0.1, 0.15) is 18.4 Å². The summed E-state index contributed by atoms with van der Waals surface area (Å²) in [6.07, 6.45) is 3.41. The highest BCUT2D eigenvalue weighted by atomic mass is 16.5. The fourth-order valence-corrected chi connectivity index (χ4v) is 2.72. The SMILES string of the molecule is COc1cccc2[nH]cc(CN3CCC(=O)CC3)c12. The van der Waals surface area contributed by atoms with Gasteiger partial charge in [-0.15, -0.1) is 0 Å². The molecule has 2 aromatic rings. The van der Waals surface area contributed by atoms with E-state index in [0.717, 1.165) is 36.3 Å². The molecule has 0 unspecified atom stereocenters. The van der Waals surface area contributed by atoms with Crippen LogP contribution in [0.3, 0.4) is 0 Å². The number of carbonyl (C=O) groups excluding carboxylic acids is 1. The van der Waals surface area contributed by atoms with E-state index in [0.29, 0.717) is 18.6 Å². The highest BCUT2D eigenvalue weighted by Gasteiger charge is 2.18. The van der Waals surface area contributed by atoms with Gasteiger partial charge in [0.15, 0.2) is 0 Å². The van der Waals surface area contributed by atoms with Gasteiger partial charge < -0.3 is 9.72 Å². The summed E-state index contributed by atoms with van der Waals surface area (Å²) in [6.45, 7) is 2.59. The first-order chi connectivity index (χ1) is 9.28. The number of methoxy groups -OCH3 is 1. The summed E-state index contributed by atoms with van der Waals surface area (Å²) in [5.74, 6) is 1.29. The summed E-state index contributed by atoms with van der Waals surface area (Å²) in [5, 5.41) is 1.15. The maximum Gasteiger partial charge on any atom is 0.135 e. The first kappa shape index (κ1) is 12.2. The van der Waals surface area contributed by atoms with E-state index in [2.05, 4.69) is 16.0 Å². The Balaban J connectivity index is 1.86. The number of piperidine rings is 1. The van der Waals surface area contributed by atoms with Gasteiger partial charge in [-0.1, -0.05) is 6.07 Å². The molecule has 0 bridgehead atoms. The Bertz CT molecular complexity index is 593. The molecule has 4 heteroatoms. The van der Waals surface area contributed by atoms with Crippen molar-refractivity contribution < 1.29 is 9.53 Å². The molecule has 1 aromatic carbocycles. The topological polar surface area (TPSA) is 45.3 Å². The number of rotatable bonds is 3. The zero-order valence-corrected chi connectivity index (χ0v) is 11.1. The number of ether oxygens (including phenoxy) is 1. The number of benzene rings is 1. The molecule has 0 aliphatic carbocycles. The second-order valence-electron chi connectivity index (χ2n) is 5.01. The van der Waals surface area contributed by atoms with E-state index >= 15 is 0 Å². The van der Waals surface area contributed by atoms with Crippen LogP contribution in [0.15, 0.2) is 24.4 Å². The van der Waals surface area contributed by atoms with E-state index in [-0.39, 0.29) is 0 Å². The van der Waals surface area contributed by atoms with Gasteiger partial charge in [0.25, 0.3) is 0 Å². The van der Waals surface area contributed by atoms with E-state index in [1.165, 1.54) is 5.56 Å². The molecule has 4 nitrogen and oxygen atoms in total. The van der Waals surface area contributed by atoms with Crippen molar-refractivity contribution in [2.45, 2.75) is 19.4 Å². The average molecular weight is 258 g/mol. The molecule has 100 valence electrons. The highest BCUT2D eigenvalue weighted by molar-refractivity contribution is 5.89.